The van der Waals surface area contributed by atoms with Crippen molar-refractivity contribution in [2.75, 3.05) is 25.5 Å². The van der Waals surface area contributed by atoms with E-state index in [1.54, 1.807) is 41.1 Å². The van der Waals surface area contributed by atoms with Crippen LogP contribution in [0, 0.1) is 0 Å². The first-order valence-corrected chi connectivity index (χ1v) is 12.5. The first-order chi connectivity index (χ1) is 17.0. The molecule has 3 aromatic heterocycles. The lowest BCUT2D eigenvalue weighted by Crippen LogP contribution is -2.31. The number of aliphatic hydroxyl groups excluding tert-OH is 1. The van der Waals surface area contributed by atoms with Crippen molar-refractivity contribution in [3.63, 3.8) is 0 Å². The van der Waals surface area contributed by atoms with Gasteiger partial charge in [-0.3, -0.25) is 9.48 Å². The first-order valence-electron chi connectivity index (χ1n) is 11.6. The van der Waals surface area contributed by atoms with Crippen LogP contribution in [-0.4, -0.2) is 61.0 Å². The predicted molar refractivity (Wildman–Crippen MR) is 138 cm³/mol. The van der Waals surface area contributed by atoms with Gasteiger partial charge in [-0.25, -0.2) is 9.97 Å². The summed E-state index contributed by atoms with van der Waals surface area (Å²) >= 11 is 1.75. The number of thioether (sulfide) groups is 1. The average molecular weight is 489 g/mol. The van der Waals surface area contributed by atoms with E-state index in [2.05, 4.69) is 32.3 Å². The molecule has 1 fully saturated rings. The zero-order valence-electron chi connectivity index (χ0n) is 19.8. The summed E-state index contributed by atoms with van der Waals surface area (Å²) in [5.74, 6) is 0.269. The molecule has 0 bridgehead atoms. The van der Waals surface area contributed by atoms with Gasteiger partial charge >= 0.3 is 0 Å². The standard InChI is InChI=1S/C26H28N6O2S/c1-31-9-6-21(7-10-31)35-25-13-18(5-8-27-25)26(34)30-24-12-20-11-17(3-4-19(20)14-28-24)22-15-29-32(2)23(22)16-33/h3-5,8,11-15,21,33H,6-7,9-10,16H2,1-2H3,(H,28,30,34). The number of anilines is 1. The number of amides is 1. The van der Waals surface area contributed by atoms with Gasteiger partial charge in [-0.1, -0.05) is 12.1 Å². The Balaban J connectivity index is 1.33. The number of benzene rings is 1. The van der Waals surface area contributed by atoms with Crippen LogP contribution in [0.15, 0.2) is 60.0 Å². The van der Waals surface area contributed by atoms with Crippen molar-refractivity contribution in [2.24, 2.45) is 7.05 Å². The predicted octanol–water partition coefficient (Wildman–Crippen LogP) is 3.96. The highest BCUT2D eigenvalue weighted by molar-refractivity contribution is 7.99. The third-order valence-corrected chi connectivity index (χ3v) is 7.71. The topological polar surface area (TPSA) is 96.2 Å². The lowest BCUT2D eigenvalue weighted by molar-refractivity contribution is 0.102. The number of aryl methyl sites for hydroxylation is 1. The molecule has 8 nitrogen and oxygen atoms in total. The summed E-state index contributed by atoms with van der Waals surface area (Å²) in [4.78, 5) is 24.2. The molecule has 1 aromatic carbocycles. The van der Waals surface area contributed by atoms with Crippen molar-refractivity contribution in [1.82, 2.24) is 24.6 Å². The minimum absolute atomic E-state index is 0.0917. The third-order valence-electron chi connectivity index (χ3n) is 6.44. The lowest BCUT2D eigenvalue weighted by Gasteiger charge is -2.28. The second kappa shape index (κ2) is 10.2. The van der Waals surface area contributed by atoms with Crippen LogP contribution >= 0.6 is 11.8 Å². The Morgan fingerprint density at radius 3 is 2.71 bits per heavy atom. The number of nitrogens with one attached hydrogen (secondary N) is 1. The number of likely N-dealkylation sites (tertiary alicyclic amines) is 1. The van der Waals surface area contributed by atoms with Crippen LogP contribution in [0.4, 0.5) is 5.82 Å². The second-order valence-electron chi connectivity index (χ2n) is 8.88. The molecular weight excluding hydrogens is 460 g/mol. The highest BCUT2D eigenvalue weighted by atomic mass is 32.2. The molecule has 0 radical (unpaired) electrons. The molecule has 0 spiro atoms. The Kier molecular flexibility index (Phi) is 6.81. The Morgan fingerprint density at radius 2 is 1.91 bits per heavy atom. The van der Waals surface area contributed by atoms with Crippen molar-refractivity contribution in [1.29, 1.82) is 0 Å². The summed E-state index contributed by atoms with van der Waals surface area (Å²) in [6.45, 7) is 2.09. The van der Waals surface area contributed by atoms with Crippen LogP contribution < -0.4 is 5.32 Å². The van der Waals surface area contributed by atoms with Crippen molar-refractivity contribution in [2.45, 2.75) is 29.7 Å². The number of fused-ring (bicyclic) bond motifs is 1. The van der Waals surface area contributed by atoms with Crippen LogP contribution in [-0.2, 0) is 13.7 Å². The molecule has 0 saturated carbocycles. The number of aromatic nitrogens is 4. The zero-order valence-corrected chi connectivity index (χ0v) is 20.6. The molecule has 35 heavy (non-hydrogen) atoms. The van der Waals surface area contributed by atoms with E-state index in [9.17, 15) is 9.90 Å². The van der Waals surface area contributed by atoms with Gasteiger partial charge in [0.2, 0.25) is 0 Å². The van der Waals surface area contributed by atoms with Gasteiger partial charge in [-0.05, 0) is 68.2 Å². The number of hydrogen-bond acceptors (Lipinski definition) is 7. The number of rotatable bonds is 6. The van der Waals surface area contributed by atoms with Crippen LogP contribution in [0.5, 0.6) is 0 Å². The van der Waals surface area contributed by atoms with E-state index in [-0.39, 0.29) is 12.5 Å². The van der Waals surface area contributed by atoms with Crippen LogP contribution in [0.25, 0.3) is 21.9 Å². The molecule has 1 saturated heterocycles. The van der Waals surface area contributed by atoms with Gasteiger partial charge in [0.15, 0.2) is 0 Å². The number of hydrogen-bond donors (Lipinski definition) is 2. The van der Waals surface area contributed by atoms with Crippen molar-refractivity contribution >= 4 is 34.3 Å². The van der Waals surface area contributed by atoms with E-state index >= 15 is 0 Å². The Labute approximate surface area is 208 Å². The number of pyridine rings is 2. The zero-order chi connectivity index (χ0) is 24.4. The summed E-state index contributed by atoms with van der Waals surface area (Å²) in [6, 6.07) is 11.4. The molecular formula is C26H28N6O2S. The SMILES string of the molecule is CN1CCC(Sc2cc(C(=O)Nc3cc4cc(-c5cnn(C)c5CO)ccc4cn3)ccn2)CC1. The molecule has 4 aromatic rings. The number of carbonyl (C=O) groups excluding carboxylic acids is 1. The van der Waals surface area contributed by atoms with E-state index in [1.807, 2.05) is 37.4 Å². The third kappa shape index (κ3) is 5.22. The highest BCUT2D eigenvalue weighted by Gasteiger charge is 2.19. The van der Waals surface area contributed by atoms with Crippen LogP contribution in [0.2, 0.25) is 0 Å². The fourth-order valence-electron chi connectivity index (χ4n) is 4.35. The van der Waals surface area contributed by atoms with Gasteiger partial charge in [0.25, 0.3) is 5.91 Å². The van der Waals surface area contributed by atoms with Gasteiger partial charge in [-0.15, -0.1) is 11.8 Å². The smallest absolute Gasteiger partial charge is 0.256 e. The molecule has 5 rings (SSSR count). The fraction of sp³-hybridized carbons (Fsp3) is 0.308. The molecule has 1 aliphatic heterocycles. The monoisotopic (exact) mass is 488 g/mol. The Morgan fingerprint density at radius 1 is 1.09 bits per heavy atom. The molecule has 4 heterocycles. The summed E-state index contributed by atoms with van der Waals surface area (Å²) in [6.07, 6.45) is 7.45. The fourth-order valence-corrected chi connectivity index (χ4v) is 5.45. The maximum atomic E-state index is 13.0. The molecule has 0 unspecified atom stereocenters. The lowest BCUT2D eigenvalue weighted by atomic mass is 10.0. The van der Waals surface area contributed by atoms with E-state index < -0.39 is 0 Å². The molecule has 9 heteroatoms. The Hall–Kier alpha value is -3.27. The van der Waals surface area contributed by atoms with E-state index in [4.69, 9.17) is 0 Å². The molecule has 180 valence electrons. The summed E-state index contributed by atoms with van der Waals surface area (Å²) in [5, 5.41) is 20.2. The largest absolute Gasteiger partial charge is 0.390 e. The summed E-state index contributed by atoms with van der Waals surface area (Å²) in [7, 11) is 3.96. The van der Waals surface area contributed by atoms with E-state index in [1.165, 1.54) is 0 Å². The number of aliphatic hydroxyl groups is 1. The molecule has 0 atom stereocenters. The normalized spacial score (nSPS) is 14.9. The number of piperidine rings is 1. The number of carbonyl (C=O) groups is 1. The average Bonchev–Trinajstić information content (AvgIpc) is 3.25. The minimum Gasteiger partial charge on any atom is -0.390 e. The first kappa shape index (κ1) is 23.5. The van der Waals surface area contributed by atoms with Crippen molar-refractivity contribution < 1.29 is 9.90 Å². The molecule has 1 amide bonds. The van der Waals surface area contributed by atoms with Gasteiger partial charge in [0, 0.05) is 41.2 Å². The van der Waals surface area contributed by atoms with E-state index in [0.29, 0.717) is 16.6 Å². The van der Waals surface area contributed by atoms with Crippen molar-refractivity contribution in [3.8, 4) is 11.1 Å². The second-order valence-corrected chi connectivity index (χ2v) is 10.2. The van der Waals surface area contributed by atoms with Crippen molar-refractivity contribution in [3.05, 3.63) is 66.2 Å². The summed E-state index contributed by atoms with van der Waals surface area (Å²) < 4.78 is 1.67. The quantitative estimate of drug-likeness (QED) is 0.424. The van der Waals surface area contributed by atoms with Gasteiger partial charge < -0.3 is 15.3 Å². The van der Waals surface area contributed by atoms with Crippen LogP contribution in [0.3, 0.4) is 0 Å². The highest BCUT2D eigenvalue weighted by Crippen LogP contribution is 2.30. The van der Waals surface area contributed by atoms with Gasteiger partial charge in [0.1, 0.15) is 5.82 Å². The van der Waals surface area contributed by atoms with Gasteiger partial charge in [-0.2, -0.15) is 5.10 Å². The number of nitrogens with zero attached hydrogens (tertiary/aromatic N) is 5. The maximum absolute atomic E-state index is 13.0. The van der Waals surface area contributed by atoms with E-state index in [0.717, 1.165) is 58.6 Å². The maximum Gasteiger partial charge on any atom is 0.256 e. The molecule has 1 aliphatic rings. The molecule has 0 aliphatic carbocycles. The Bertz CT molecular complexity index is 1360. The minimum atomic E-state index is -0.213. The molecule has 2 N–H and O–H groups in total. The van der Waals surface area contributed by atoms with Crippen LogP contribution in [0.1, 0.15) is 28.9 Å². The summed E-state index contributed by atoms with van der Waals surface area (Å²) in [5.41, 5.74) is 3.14. The van der Waals surface area contributed by atoms with Gasteiger partial charge in [0.05, 0.1) is 23.5 Å².